The van der Waals surface area contributed by atoms with E-state index in [0.29, 0.717) is 13.0 Å². The van der Waals surface area contributed by atoms with E-state index in [1.54, 1.807) is 25.3 Å². The molecule has 21 heavy (non-hydrogen) atoms. The molecule has 1 amide bonds. The summed E-state index contributed by atoms with van der Waals surface area (Å²) in [5, 5.41) is 12.5. The number of methoxy groups -OCH3 is 1. The Morgan fingerprint density at radius 1 is 1.24 bits per heavy atom. The molecule has 1 atom stereocenters. The zero-order valence-corrected chi connectivity index (χ0v) is 11.8. The maximum atomic E-state index is 11.4. The highest BCUT2D eigenvalue weighted by Gasteiger charge is 2.23. The van der Waals surface area contributed by atoms with Crippen molar-refractivity contribution >= 4 is 5.91 Å². The number of phenolic OH excluding ortho intramolecular Hbond substituents is 1. The summed E-state index contributed by atoms with van der Waals surface area (Å²) in [5.41, 5.74) is 2.92. The van der Waals surface area contributed by atoms with Gasteiger partial charge in [-0.2, -0.15) is 0 Å². The number of carbonyl (C=O) groups excluding carboxylic acids is 1. The molecule has 4 heteroatoms. The Morgan fingerprint density at radius 2 is 2.10 bits per heavy atom. The zero-order valence-electron chi connectivity index (χ0n) is 11.8. The topological polar surface area (TPSA) is 58.6 Å². The monoisotopic (exact) mass is 283 g/mol. The van der Waals surface area contributed by atoms with Gasteiger partial charge in [0.2, 0.25) is 5.91 Å². The van der Waals surface area contributed by atoms with Gasteiger partial charge in [-0.3, -0.25) is 4.79 Å². The zero-order chi connectivity index (χ0) is 14.8. The first-order valence-electron chi connectivity index (χ1n) is 6.91. The lowest BCUT2D eigenvalue weighted by atomic mass is 9.93. The second-order valence-corrected chi connectivity index (χ2v) is 5.22. The van der Waals surface area contributed by atoms with Crippen LogP contribution in [0.2, 0.25) is 0 Å². The van der Waals surface area contributed by atoms with Gasteiger partial charge in [0.25, 0.3) is 0 Å². The summed E-state index contributed by atoms with van der Waals surface area (Å²) in [5.74, 6) is 1.26. The molecular formula is C17H17NO3. The molecule has 0 aromatic heterocycles. The van der Waals surface area contributed by atoms with Crippen LogP contribution in [0.1, 0.15) is 17.9 Å². The van der Waals surface area contributed by atoms with E-state index in [2.05, 4.69) is 5.32 Å². The third-order valence-electron chi connectivity index (χ3n) is 3.83. The van der Waals surface area contributed by atoms with Crippen molar-refractivity contribution in [3.8, 4) is 22.6 Å². The highest BCUT2D eigenvalue weighted by molar-refractivity contribution is 5.80. The number of aromatic hydroxyl groups is 1. The molecule has 1 saturated heterocycles. The molecule has 0 spiro atoms. The van der Waals surface area contributed by atoms with E-state index in [1.165, 1.54) is 0 Å². The van der Waals surface area contributed by atoms with Crippen LogP contribution in [0.25, 0.3) is 11.1 Å². The van der Waals surface area contributed by atoms with Gasteiger partial charge in [0.1, 0.15) is 11.5 Å². The lowest BCUT2D eigenvalue weighted by molar-refractivity contribution is -0.119. The van der Waals surface area contributed by atoms with E-state index in [0.717, 1.165) is 22.4 Å². The molecular weight excluding hydrogens is 266 g/mol. The number of phenols is 1. The Kier molecular flexibility index (Phi) is 3.52. The van der Waals surface area contributed by atoms with E-state index in [4.69, 9.17) is 4.74 Å². The quantitative estimate of drug-likeness (QED) is 0.910. The molecule has 2 aromatic rings. The first-order valence-corrected chi connectivity index (χ1v) is 6.91. The number of ether oxygens (including phenoxy) is 1. The Labute approximate surface area is 123 Å². The number of amides is 1. The summed E-state index contributed by atoms with van der Waals surface area (Å²) in [4.78, 5) is 11.4. The van der Waals surface area contributed by atoms with Crippen LogP contribution in [0.15, 0.2) is 42.5 Å². The Balaban J connectivity index is 2.03. The van der Waals surface area contributed by atoms with E-state index < -0.39 is 0 Å². The van der Waals surface area contributed by atoms with Crippen LogP contribution in [0, 0.1) is 0 Å². The average Bonchev–Trinajstić information content (AvgIpc) is 2.93. The van der Waals surface area contributed by atoms with Gasteiger partial charge in [0, 0.05) is 24.4 Å². The van der Waals surface area contributed by atoms with E-state index in [-0.39, 0.29) is 17.6 Å². The van der Waals surface area contributed by atoms with Crippen LogP contribution < -0.4 is 10.1 Å². The molecule has 1 aliphatic rings. The van der Waals surface area contributed by atoms with Gasteiger partial charge in [0.15, 0.2) is 0 Å². The first kappa shape index (κ1) is 13.5. The fraction of sp³-hybridized carbons (Fsp3) is 0.235. The van der Waals surface area contributed by atoms with Gasteiger partial charge in [-0.15, -0.1) is 0 Å². The third-order valence-corrected chi connectivity index (χ3v) is 3.83. The molecule has 2 aromatic carbocycles. The van der Waals surface area contributed by atoms with Crippen molar-refractivity contribution in [2.45, 2.75) is 12.3 Å². The molecule has 0 bridgehead atoms. The fourth-order valence-corrected chi connectivity index (χ4v) is 2.72. The highest BCUT2D eigenvalue weighted by atomic mass is 16.5. The molecule has 0 saturated carbocycles. The summed E-state index contributed by atoms with van der Waals surface area (Å²) in [6.45, 7) is 0.671. The van der Waals surface area contributed by atoms with E-state index in [9.17, 15) is 9.90 Å². The molecule has 3 rings (SSSR count). The predicted molar refractivity (Wildman–Crippen MR) is 80.5 cm³/mol. The lowest BCUT2D eigenvalue weighted by Gasteiger charge is -2.14. The van der Waals surface area contributed by atoms with Crippen molar-refractivity contribution < 1.29 is 14.6 Å². The van der Waals surface area contributed by atoms with E-state index in [1.807, 2.05) is 24.3 Å². The Hall–Kier alpha value is -2.49. The number of hydrogen-bond acceptors (Lipinski definition) is 3. The molecule has 1 unspecified atom stereocenters. The van der Waals surface area contributed by atoms with Crippen molar-refractivity contribution in [2.24, 2.45) is 0 Å². The molecule has 1 fully saturated rings. The highest BCUT2D eigenvalue weighted by Crippen LogP contribution is 2.35. The molecule has 108 valence electrons. The molecule has 1 heterocycles. The minimum Gasteiger partial charge on any atom is -0.508 e. The maximum Gasteiger partial charge on any atom is 0.220 e. The lowest BCUT2D eigenvalue weighted by Crippen LogP contribution is -2.13. The Morgan fingerprint density at radius 3 is 2.76 bits per heavy atom. The van der Waals surface area contributed by atoms with Crippen LogP contribution in [0.4, 0.5) is 0 Å². The van der Waals surface area contributed by atoms with Crippen LogP contribution in [0.3, 0.4) is 0 Å². The van der Waals surface area contributed by atoms with Crippen LogP contribution >= 0.6 is 0 Å². The fourth-order valence-electron chi connectivity index (χ4n) is 2.72. The predicted octanol–water partition coefficient (Wildman–Crippen LogP) is 2.67. The van der Waals surface area contributed by atoms with Gasteiger partial charge in [-0.05, 0) is 35.4 Å². The van der Waals surface area contributed by atoms with Crippen molar-refractivity contribution in [1.29, 1.82) is 0 Å². The van der Waals surface area contributed by atoms with Gasteiger partial charge >= 0.3 is 0 Å². The summed E-state index contributed by atoms with van der Waals surface area (Å²) in [6, 6.07) is 13.0. The van der Waals surface area contributed by atoms with Gasteiger partial charge in [-0.1, -0.05) is 18.2 Å². The average molecular weight is 283 g/mol. The number of rotatable bonds is 3. The van der Waals surface area contributed by atoms with Crippen LogP contribution in [-0.4, -0.2) is 24.7 Å². The summed E-state index contributed by atoms with van der Waals surface area (Å²) in [7, 11) is 1.63. The molecule has 4 nitrogen and oxygen atoms in total. The largest absolute Gasteiger partial charge is 0.508 e. The molecule has 0 radical (unpaired) electrons. The SMILES string of the molecule is COc1ccc(C2CNC(=O)C2)cc1-c1cccc(O)c1. The smallest absolute Gasteiger partial charge is 0.220 e. The number of hydrogen-bond donors (Lipinski definition) is 2. The van der Waals surface area contributed by atoms with Gasteiger partial charge in [0.05, 0.1) is 7.11 Å². The number of benzene rings is 2. The van der Waals surface area contributed by atoms with Gasteiger partial charge in [-0.25, -0.2) is 0 Å². The van der Waals surface area contributed by atoms with Crippen molar-refractivity contribution in [2.75, 3.05) is 13.7 Å². The summed E-state index contributed by atoms with van der Waals surface area (Å²) < 4.78 is 5.41. The number of carbonyl (C=O) groups is 1. The molecule has 1 aliphatic heterocycles. The van der Waals surface area contributed by atoms with Crippen LogP contribution in [-0.2, 0) is 4.79 Å². The third kappa shape index (κ3) is 2.70. The van der Waals surface area contributed by atoms with Crippen LogP contribution in [0.5, 0.6) is 11.5 Å². The van der Waals surface area contributed by atoms with Crippen molar-refractivity contribution in [1.82, 2.24) is 5.32 Å². The van der Waals surface area contributed by atoms with Crippen molar-refractivity contribution in [3.63, 3.8) is 0 Å². The van der Waals surface area contributed by atoms with Gasteiger partial charge < -0.3 is 15.2 Å². The minimum absolute atomic E-state index is 0.0923. The van der Waals surface area contributed by atoms with Crippen molar-refractivity contribution in [3.05, 3.63) is 48.0 Å². The summed E-state index contributed by atoms with van der Waals surface area (Å²) in [6.07, 6.45) is 0.520. The Bertz CT molecular complexity index is 681. The minimum atomic E-state index is 0.0923. The first-order chi connectivity index (χ1) is 10.2. The normalized spacial score (nSPS) is 17.6. The maximum absolute atomic E-state index is 11.4. The summed E-state index contributed by atoms with van der Waals surface area (Å²) >= 11 is 0. The molecule has 0 aliphatic carbocycles. The standard InChI is InChI=1S/C17H17NO3/c1-21-16-6-5-11(13-9-17(20)18-10-13)8-15(16)12-3-2-4-14(19)7-12/h2-8,13,19H,9-10H2,1H3,(H,18,20). The van der Waals surface area contributed by atoms with E-state index >= 15 is 0 Å². The second kappa shape index (κ2) is 5.48. The number of nitrogens with one attached hydrogen (secondary N) is 1. The second-order valence-electron chi connectivity index (χ2n) is 5.22. The molecule has 2 N–H and O–H groups in total.